The van der Waals surface area contributed by atoms with Crippen molar-refractivity contribution in [3.63, 3.8) is 0 Å². The van der Waals surface area contributed by atoms with E-state index in [1.54, 1.807) is 0 Å². The van der Waals surface area contributed by atoms with E-state index in [4.69, 9.17) is 22.4 Å². The van der Waals surface area contributed by atoms with E-state index in [1.165, 1.54) is 24.3 Å². The standard InChI is InChI=1S/C12H9ClF3NO3/c13-7-3-1-2-6(4-7)5-8(17)9(11(19)20)10(18)12(14,15)16/h1-4H,5,17H2,(H,19,20). The van der Waals surface area contributed by atoms with Crippen LogP contribution in [-0.4, -0.2) is 23.0 Å². The molecule has 1 rings (SSSR count). The number of hydrogen-bond donors (Lipinski definition) is 2. The molecule has 0 radical (unpaired) electrons. The maximum absolute atomic E-state index is 12.3. The number of carboxylic acid groups (broad SMARTS) is 1. The molecular formula is C12H9ClF3NO3. The van der Waals surface area contributed by atoms with Gasteiger partial charge in [-0.2, -0.15) is 13.2 Å². The molecule has 20 heavy (non-hydrogen) atoms. The van der Waals surface area contributed by atoms with Gasteiger partial charge in [-0.25, -0.2) is 4.79 Å². The van der Waals surface area contributed by atoms with E-state index in [0.717, 1.165) is 0 Å². The van der Waals surface area contributed by atoms with Crippen molar-refractivity contribution >= 4 is 23.4 Å². The molecule has 0 aliphatic heterocycles. The van der Waals surface area contributed by atoms with Gasteiger partial charge in [-0.15, -0.1) is 0 Å². The molecule has 108 valence electrons. The number of ketones is 1. The molecule has 4 nitrogen and oxygen atoms in total. The fourth-order valence-electron chi connectivity index (χ4n) is 1.48. The van der Waals surface area contributed by atoms with Crippen molar-refractivity contribution in [3.05, 3.63) is 46.1 Å². The minimum absolute atomic E-state index is 0.314. The van der Waals surface area contributed by atoms with Crippen LogP contribution < -0.4 is 5.73 Å². The smallest absolute Gasteiger partial charge is 0.455 e. The third-order valence-corrected chi connectivity index (χ3v) is 2.54. The fraction of sp³-hybridized carbons (Fsp3) is 0.167. The third kappa shape index (κ3) is 3.99. The quantitative estimate of drug-likeness (QED) is 0.508. The predicted molar refractivity (Wildman–Crippen MR) is 65.1 cm³/mol. The second kappa shape index (κ2) is 5.96. The Morgan fingerprint density at radius 1 is 1.30 bits per heavy atom. The first-order valence-corrected chi connectivity index (χ1v) is 5.58. The number of allylic oxidation sites excluding steroid dienone is 1. The summed E-state index contributed by atoms with van der Waals surface area (Å²) >= 11 is 5.69. The molecule has 0 amide bonds. The number of aliphatic carboxylic acids is 1. The zero-order valence-electron chi connectivity index (χ0n) is 9.87. The molecule has 1 aromatic carbocycles. The van der Waals surface area contributed by atoms with Gasteiger partial charge in [-0.3, -0.25) is 4.79 Å². The summed E-state index contributed by atoms with van der Waals surface area (Å²) in [6, 6.07) is 5.96. The lowest BCUT2D eigenvalue weighted by molar-refractivity contribution is -0.168. The summed E-state index contributed by atoms with van der Waals surface area (Å²) in [5.74, 6) is -4.50. The van der Waals surface area contributed by atoms with Gasteiger partial charge < -0.3 is 10.8 Å². The Balaban J connectivity index is 3.17. The molecule has 3 N–H and O–H groups in total. The van der Waals surface area contributed by atoms with Crippen molar-refractivity contribution < 1.29 is 27.9 Å². The highest BCUT2D eigenvalue weighted by atomic mass is 35.5. The Bertz CT molecular complexity index is 582. The van der Waals surface area contributed by atoms with Crippen molar-refractivity contribution in [1.82, 2.24) is 0 Å². The van der Waals surface area contributed by atoms with Crippen LogP contribution in [0, 0.1) is 0 Å². The average Bonchev–Trinajstić information content (AvgIpc) is 2.26. The molecule has 8 heteroatoms. The highest BCUT2D eigenvalue weighted by molar-refractivity contribution is 6.30. The second-order valence-electron chi connectivity index (χ2n) is 3.84. The minimum atomic E-state index is -5.30. The number of carbonyl (C=O) groups excluding carboxylic acids is 1. The topological polar surface area (TPSA) is 80.4 Å². The summed E-state index contributed by atoms with van der Waals surface area (Å²) in [4.78, 5) is 21.8. The van der Waals surface area contributed by atoms with E-state index in [2.05, 4.69) is 0 Å². The maximum Gasteiger partial charge on any atom is 0.455 e. The summed E-state index contributed by atoms with van der Waals surface area (Å²) in [5, 5.41) is 9.04. The van der Waals surface area contributed by atoms with Crippen molar-refractivity contribution in [2.45, 2.75) is 12.6 Å². The van der Waals surface area contributed by atoms with E-state index in [1.807, 2.05) is 0 Å². The van der Waals surface area contributed by atoms with Crippen LogP contribution in [0.25, 0.3) is 0 Å². The van der Waals surface area contributed by atoms with Crippen LogP contribution in [0.15, 0.2) is 35.5 Å². The van der Waals surface area contributed by atoms with Crippen molar-refractivity contribution in [2.24, 2.45) is 5.73 Å². The highest BCUT2D eigenvalue weighted by Crippen LogP contribution is 2.23. The largest absolute Gasteiger partial charge is 0.477 e. The number of Topliss-reactive ketones (excluding diaryl/α,β-unsaturated/α-hetero) is 1. The number of nitrogens with two attached hydrogens (primary N) is 1. The number of halogens is 4. The summed E-state index contributed by atoms with van der Waals surface area (Å²) in [6.07, 6.45) is -5.63. The van der Waals surface area contributed by atoms with Gasteiger partial charge in [0.25, 0.3) is 5.78 Å². The number of carboxylic acids is 1. The molecule has 0 aliphatic carbocycles. The van der Waals surface area contributed by atoms with Crippen molar-refractivity contribution in [1.29, 1.82) is 0 Å². The molecular weight excluding hydrogens is 299 g/mol. The van der Waals surface area contributed by atoms with Gasteiger partial charge in [0, 0.05) is 17.1 Å². The zero-order valence-corrected chi connectivity index (χ0v) is 10.6. The van der Waals surface area contributed by atoms with E-state index < -0.39 is 29.2 Å². The third-order valence-electron chi connectivity index (χ3n) is 2.30. The van der Waals surface area contributed by atoms with E-state index in [-0.39, 0.29) is 6.42 Å². The van der Waals surface area contributed by atoms with Crippen LogP contribution in [0.1, 0.15) is 5.56 Å². The summed E-state index contributed by atoms with van der Waals surface area (Å²) in [6.45, 7) is 0. The van der Waals surface area contributed by atoms with E-state index in [9.17, 15) is 22.8 Å². The lowest BCUT2D eigenvalue weighted by atomic mass is 10.0. The van der Waals surface area contributed by atoms with Crippen molar-refractivity contribution in [2.75, 3.05) is 0 Å². The van der Waals surface area contributed by atoms with Gasteiger partial charge >= 0.3 is 12.1 Å². The molecule has 0 fully saturated rings. The van der Waals surface area contributed by atoms with Gasteiger partial charge in [0.2, 0.25) is 0 Å². The van der Waals surface area contributed by atoms with Gasteiger partial charge in [-0.1, -0.05) is 23.7 Å². The fourth-order valence-corrected chi connectivity index (χ4v) is 1.69. The van der Waals surface area contributed by atoms with Gasteiger partial charge in [-0.05, 0) is 17.7 Å². The molecule has 0 atom stereocenters. The van der Waals surface area contributed by atoms with Gasteiger partial charge in [0.15, 0.2) is 0 Å². The van der Waals surface area contributed by atoms with Crippen molar-refractivity contribution in [3.8, 4) is 0 Å². The highest BCUT2D eigenvalue weighted by Gasteiger charge is 2.44. The van der Waals surface area contributed by atoms with Crippen LogP contribution in [0.3, 0.4) is 0 Å². The van der Waals surface area contributed by atoms with E-state index in [0.29, 0.717) is 10.6 Å². The number of hydrogen-bond acceptors (Lipinski definition) is 3. The molecule has 1 aromatic rings. The first-order chi connectivity index (χ1) is 9.12. The number of rotatable bonds is 4. The molecule has 0 spiro atoms. The van der Waals surface area contributed by atoms with Crippen LogP contribution in [0.4, 0.5) is 13.2 Å². The van der Waals surface area contributed by atoms with E-state index >= 15 is 0 Å². The molecule has 0 aliphatic rings. The van der Waals surface area contributed by atoms with Crippen LogP contribution in [0.5, 0.6) is 0 Å². The Kier molecular flexibility index (Phi) is 4.78. The molecule has 0 bridgehead atoms. The molecule has 0 heterocycles. The zero-order chi connectivity index (χ0) is 15.5. The lowest BCUT2D eigenvalue weighted by Gasteiger charge is -2.10. The minimum Gasteiger partial charge on any atom is -0.477 e. The van der Waals surface area contributed by atoms with Crippen LogP contribution in [0.2, 0.25) is 5.02 Å². The lowest BCUT2D eigenvalue weighted by Crippen LogP contribution is -2.31. The Labute approximate surface area is 116 Å². The average molecular weight is 308 g/mol. The second-order valence-corrected chi connectivity index (χ2v) is 4.28. The summed E-state index contributed by atoms with van der Waals surface area (Å²) < 4.78 is 36.9. The number of benzene rings is 1. The number of carbonyl (C=O) groups is 2. The van der Waals surface area contributed by atoms with Gasteiger partial charge in [0.05, 0.1) is 0 Å². The Hall–Kier alpha value is -2.02. The summed E-state index contributed by atoms with van der Waals surface area (Å²) in [7, 11) is 0. The molecule has 0 saturated carbocycles. The van der Waals surface area contributed by atoms with Crippen LogP contribution in [-0.2, 0) is 16.0 Å². The number of alkyl halides is 3. The first kappa shape index (κ1) is 16.0. The summed E-state index contributed by atoms with van der Waals surface area (Å²) in [5.41, 5.74) is 3.57. The maximum atomic E-state index is 12.3. The SMILES string of the molecule is NC(Cc1cccc(Cl)c1)=C(C(=O)O)C(=O)C(F)(F)F. The molecule has 0 aromatic heterocycles. The van der Waals surface area contributed by atoms with Gasteiger partial charge in [0.1, 0.15) is 5.57 Å². The molecule has 0 unspecified atom stereocenters. The predicted octanol–water partition coefficient (Wildman–Crippen LogP) is 2.31. The Morgan fingerprint density at radius 3 is 2.35 bits per heavy atom. The Morgan fingerprint density at radius 2 is 1.90 bits per heavy atom. The monoisotopic (exact) mass is 307 g/mol. The normalized spacial score (nSPS) is 12.8. The molecule has 0 saturated heterocycles. The first-order valence-electron chi connectivity index (χ1n) is 5.20. The van der Waals surface area contributed by atoms with Crippen LogP contribution >= 0.6 is 11.6 Å².